The van der Waals surface area contributed by atoms with Gasteiger partial charge in [0.15, 0.2) is 0 Å². The number of ether oxygens (including phenoxy) is 1. The fraction of sp³-hybridized carbons (Fsp3) is 0.600. The maximum atomic E-state index is 9.23. The Labute approximate surface area is 120 Å². The van der Waals surface area contributed by atoms with Crippen molar-refractivity contribution in [2.24, 2.45) is 0 Å². The number of nitrogens with zero attached hydrogens (tertiary/aromatic N) is 4. The molecule has 0 amide bonds. The number of piperazine rings is 1. The fourth-order valence-corrected chi connectivity index (χ4v) is 2.60. The van der Waals surface area contributed by atoms with Crippen molar-refractivity contribution < 1.29 is 4.74 Å². The molecule has 0 bridgehead atoms. The lowest BCUT2D eigenvalue weighted by Gasteiger charge is -2.38. The van der Waals surface area contributed by atoms with Crippen molar-refractivity contribution >= 4 is 5.69 Å². The molecule has 108 valence electrons. The van der Waals surface area contributed by atoms with Crippen LogP contribution in [0.5, 0.6) is 5.88 Å². The third kappa shape index (κ3) is 3.40. The number of aromatic nitrogens is 1. The van der Waals surface area contributed by atoms with Gasteiger partial charge < -0.3 is 9.64 Å². The Balaban J connectivity index is 1.95. The van der Waals surface area contributed by atoms with Crippen LogP contribution in [0.4, 0.5) is 5.69 Å². The van der Waals surface area contributed by atoms with Crippen LogP contribution in [-0.2, 0) is 0 Å². The quantitative estimate of drug-likeness (QED) is 0.821. The molecule has 1 saturated heterocycles. The Morgan fingerprint density at radius 1 is 1.40 bits per heavy atom. The Bertz CT molecular complexity index is 463. The number of methoxy groups -OCH3 is 1. The van der Waals surface area contributed by atoms with E-state index in [2.05, 4.69) is 27.8 Å². The summed E-state index contributed by atoms with van der Waals surface area (Å²) in [4.78, 5) is 8.74. The first kappa shape index (κ1) is 14.6. The first-order valence-corrected chi connectivity index (χ1v) is 7.17. The van der Waals surface area contributed by atoms with Crippen LogP contribution in [0.15, 0.2) is 18.3 Å². The molecule has 0 aromatic carbocycles. The average molecular weight is 274 g/mol. The normalized spacial score (nSPS) is 17.6. The molecular weight excluding hydrogens is 252 g/mol. The summed E-state index contributed by atoms with van der Waals surface area (Å²) in [5.74, 6) is 0.644. The van der Waals surface area contributed by atoms with Crippen LogP contribution in [0.1, 0.15) is 19.8 Å². The third-order valence-corrected chi connectivity index (χ3v) is 3.76. The number of rotatable bonds is 5. The highest BCUT2D eigenvalue weighted by Gasteiger charge is 2.23. The minimum atomic E-state index is 0.0640. The highest BCUT2D eigenvalue weighted by atomic mass is 16.5. The van der Waals surface area contributed by atoms with Gasteiger partial charge in [-0.05, 0) is 12.5 Å². The summed E-state index contributed by atoms with van der Waals surface area (Å²) in [6, 6.07) is 6.45. The number of nitriles is 1. The minimum absolute atomic E-state index is 0.0640. The molecule has 1 unspecified atom stereocenters. The Hall–Kier alpha value is -1.80. The maximum absolute atomic E-state index is 9.23. The molecule has 1 fully saturated rings. The summed E-state index contributed by atoms with van der Waals surface area (Å²) in [6.07, 6.45) is 3.79. The highest BCUT2D eigenvalue weighted by molar-refractivity contribution is 5.48. The molecule has 1 aromatic rings. The van der Waals surface area contributed by atoms with Crippen molar-refractivity contribution in [2.75, 3.05) is 38.2 Å². The van der Waals surface area contributed by atoms with E-state index in [1.165, 1.54) is 0 Å². The molecule has 20 heavy (non-hydrogen) atoms. The second-order valence-corrected chi connectivity index (χ2v) is 5.01. The summed E-state index contributed by atoms with van der Waals surface area (Å²) in [5.41, 5.74) is 1.14. The summed E-state index contributed by atoms with van der Waals surface area (Å²) < 4.78 is 5.16. The molecule has 1 aliphatic heterocycles. The molecular formula is C15H22N4O. The Kier molecular flexibility index (Phi) is 5.19. The summed E-state index contributed by atoms with van der Waals surface area (Å²) >= 11 is 0. The van der Waals surface area contributed by atoms with Gasteiger partial charge in [0.05, 0.1) is 19.2 Å². The largest absolute Gasteiger partial charge is 0.481 e. The van der Waals surface area contributed by atoms with Gasteiger partial charge in [-0.15, -0.1) is 0 Å². The molecule has 1 atom stereocenters. The first-order valence-electron chi connectivity index (χ1n) is 7.17. The zero-order valence-corrected chi connectivity index (χ0v) is 12.2. The van der Waals surface area contributed by atoms with Crippen molar-refractivity contribution in [3.8, 4) is 11.9 Å². The monoisotopic (exact) mass is 274 g/mol. The Morgan fingerprint density at radius 2 is 2.15 bits per heavy atom. The summed E-state index contributed by atoms with van der Waals surface area (Å²) in [5, 5.41) is 9.23. The predicted octanol–water partition coefficient (Wildman–Crippen LogP) is 1.90. The van der Waals surface area contributed by atoms with Gasteiger partial charge in [-0.25, -0.2) is 4.98 Å². The standard InChI is InChI=1S/C15H22N4O/c1-3-4-14(12-16)19-9-7-18(8-10-19)13-5-6-17-15(11-13)20-2/h5-6,11,14H,3-4,7-10H2,1-2H3. The molecule has 1 aromatic heterocycles. The van der Waals surface area contributed by atoms with E-state index in [4.69, 9.17) is 4.74 Å². The van der Waals surface area contributed by atoms with Crippen LogP contribution in [0.2, 0.25) is 0 Å². The molecule has 0 radical (unpaired) electrons. The second kappa shape index (κ2) is 7.11. The van der Waals surface area contributed by atoms with Crippen molar-refractivity contribution in [3.63, 3.8) is 0 Å². The van der Waals surface area contributed by atoms with E-state index in [0.29, 0.717) is 5.88 Å². The Morgan fingerprint density at radius 3 is 2.75 bits per heavy atom. The first-order chi connectivity index (χ1) is 9.78. The van der Waals surface area contributed by atoms with Crippen LogP contribution in [0, 0.1) is 11.3 Å². The third-order valence-electron chi connectivity index (χ3n) is 3.76. The molecule has 0 aliphatic carbocycles. The molecule has 5 nitrogen and oxygen atoms in total. The zero-order chi connectivity index (χ0) is 14.4. The van der Waals surface area contributed by atoms with Crippen molar-refractivity contribution in [1.82, 2.24) is 9.88 Å². The van der Waals surface area contributed by atoms with Gasteiger partial charge in [-0.1, -0.05) is 13.3 Å². The van der Waals surface area contributed by atoms with Gasteiger partial charge in [0.1, 0.15) is 0 Å². The van der Waals surface area contributed by atoms with Crippen LogP contribution < -0.4 is 9.64 Å². The number of anilines is 1. The van der Waals surface area contributed by atoms with Crippen molar-refractivity contribution in [3.05, 3.63) is 18.3 Å². The summed E-state index contributed by atoms with van der Waals surface area (Å²) in [6.45, 7) is 5.87. The van der Waals surface area contributed by atoms with Crippen molar-refractivity contribution in [2.45, 2.75) is 25.8 Å². The fourth-order valence-electron chi connectivity index (χ4n) is 2.60. The van der Waals surface area contributed by atoms with E-state index in [1.54, 1.807) is 13.3 Å². The van der Waals surface area contributed by atoms with Gasteiger partial charge >= 0.3 is 0 Å². The SMILES string of the molecule is CCCC(C#N)N1CCN(c2ccnc(OC)c2)CC1. The molecule has 2 rings (SSSR count). The minimum Gasteiger partial charge on any atom is -0.481 e. The van der Waals surface area contributed by atoms with E-state index in [-0.39, 0.29) is 6.04 Å². The molecule has 1 aliphatic rings. The number of hydrogen-bond acceptors (Lipinski definition) is 5. The smallest absolute Gasteiger partial charge is 0.214 e. The zero-order valence-electron chi connectivity index (χ0n) is 12.2. The van der Waals surface area contributed by atoms with Gasteiger partial charge in [-0.2, -0.15) is 5.26 Å². The predicted molar refractivity (Wildman–Crippen MR) is 78.9 cm³/mol. The molecule has 0 saturated carbocycles. The van der Waals surface area contributed by atoms with E-state index in [1.807, 2.05) is 12.1 Å². The van der Waals surface area contributed by atoms with E-state index in [0.717, 1.165) is 44.7 Å². The number of hydrogen-bond donors (Lipinski definition) is 0. The van der Waals surface area contributed by atoms with Crippen LogP contribution in [-0.4, -0.2) is 49.2 Å². The van der Waals surface area contributed by atoms with Gasteiger partial charge in [0, 0.05) is 44.1 Å². The van der Waals surface area contributed by atoms with Gasteiger partial charge in [0.2, 0.25) is 5.88 Å². The molecule has 2 heterocycles. The molecule has 0 spiro atoms. The highest BCUT2D eigenvalue weighted by Crippen LogP contribution is 2.21. The lowest BCUT2D eigenvalue weighted by Crippen LogP contribution is -2.50. The van der Waals surface area contributed by atoms with E-state index >= 15 is 0 Å². The van der Waals surface area contributed by atoms with E-state index < -0.39 is 0 Å². The van der Waals surface area contributed by atoms with Crippen LogP contribution >= 0.6 is 0 Å². The van der Waals surface area contributed by atoms with Crippen LogP contribution in [0.25, 0.3) is 0 Å². The number of pyridine rings is 1. The maximum Gasteiger partial charge on any atom is 0.214 e. The lowest BCUT2D eigenvalue weighted by atomic mass is 10.1. The van der Waals surface area contributed by atoms with Crippen molar-refractivity contribution in [1.29, 1.82) is 5.26 Å². The average Bonchev–Trinajstić information content (AvgIpc) is 2.53. The van der Waals surface area contributed by atoms with Gasteiger partial charge in [0.25, 0.3) is 0 Å². The topological polar surface area (TPSA) is 52.4 Å². The second-order valence-electron chi connectivity index (χ2n) is 5.01. The summed E-state index contributed by atoms with van der Waals surface area (Å²) in [7, 11) is 1.63. The molecule has 0 N–H and O–H groups in total. The molecule has 5 heteroatoms. The lowest BCUT2D eigenvalue weighted by molar-refractivity contribution is 0.211. The van der Waals surface area contributed by atoms with Gasteiger partial charge in [-0.3, -0.25) is 4.90 Å². The van der Waals surface area contributed by atoms with Crippen LogP contribution in [0.3, 0.4) is 0 Å². The van der Waals surface area contributed by atoms with E-state index in [9.17, 15) is 5.26 Å².